The molecule has 0 saturated heterocycles. The lowest BCUT2D eigenvalue weighted by atomic mass is 10.2. The third kappa shape index (κ3) is 2.19. The van der Waals surface area contributed by atoms with Crippen molar-refractivity contribution in [2.24, 2.45) is 0 Å². The summed E-state index contributed by atoms with van der Waals surface area (Å²) in [6.45, 7) is 0.0442. The number of nitrogens with zero attached hydrogens (tertiary/aromatic N) is 2. The van der Waals surface area contributed by atoms with Crippen molar-refractivity contribution < 1.29 is 9.18 Å². The van der Waals surface area contributed by atoms with Gasteiger partial charge in [-0.25, -0.2) is 9.37 Å². The second-order valence-electron chi connectivity index (χ2n) is 4.11. The van der Waals surface area contributed by atoms with Crippen molar-refractivity contribution in [3.63, 3.8) is 0 Å². The zero-order chi connectivity index (χ0) is 13.4. The topological polar surface area (TPSA) is 45.2 Å². The van der Waals surface area contributed by atoms with Crippen LogP contribution in [0.25, 0.3) is 0 Å². The smallest absolute Gasteiger partial charge is 0.244 e. The van der Waals surface area contributed by atoms with Crippen LogP contribution >= 0.6 is 15.9 Å². The summed E-state index contributed by atoms with van der Waals surface area (Å²) in [6, 6.07) is 8.57. The van der Waals surface area contributed by atoms with E-state index in [1.165, 1.54) is 12.3 Å². The van der Waals surface area contributed by atoms with Crippen LogP contribution in [0, 0.1) is 5.82 Å². The van der Waals surface area contributed by atoms with Gasteiger partial charge in [0.15, 0.2) is 11.6 Å². The third-order valence-electron chi connectivity index (χ3n) is 2.81. The molecule has 0 unspecified atom stereocenters. The largest absolute Gasteiger partial charge is 0.323 e. The molecule has 6 heteroatoms. The molecule has 0 saturated carbocycles. The van der Waals surface area contributed by atoms with Crippen LogP contribution in [0.3, 0.4) is 0 Å². The van der Waals surface area contributed by atoms with Crippen molar-refractivity contribution in [2.75, 3.05) is 16.8 Å². The van der Waals surface area contributed by atoms with Crippen molar-refractivity contribution in [2.45, 2.75) is 0 Å². The fraction of sp³-hybridized carbons (Fsp3) is 0.0769. The number of fused-ring (bicyclic) bond motifs is 1. The molecule has 0 aliphatic carbocycles. The molecule has 0 fully saturated rings. The van der Waals surface area contributed by atoms with Crippen molar-refractivity contribution in [1.82, 2.24) is 4.98 Å². The number of anilines is 3. The van der Waals surface area contributed by atoms with Crippen molar-refractivity contribution in [3.8, 4) is 0 Å². The van der Waals surface area contributed by atoms with Crippen LogP contribution in [0.5, 0.6) is 0 Å². The molecule has 1 aromatic carbocycles. The lowest BCUT2D eigenvalue weighted by Gasteiger charge is -2.30. The van der Waals surface area contributed by atoms with Crippen LogP contribution in [-0.4, -0.2) is 17.4 Å². The zero-order valence-electron chi connectivity index (χ0n) is 9.73. The average molecular weight is 322 g/mol. The maximum absolute atomic E-state index is 14.0. The molecule has 2 heterocycles. The van der Waals surface area contributed by atoms with Crippen LogP contribution < -0.4 is 10.2 Å². The quantitative estimate of drug-likeness (QED) is 0.878. The first-order valence-corrected chi connectivity index (χ1v) is 6.42. The van der Waals surface area contributed by atoms with Gasteiger partial charge in [0, 0.05) is 10.7 Å². The minimum atomic E-state index is -0.473. The maximum atomic E-state index is 14.0. The summed E-state index contributed by atoms with van der Waals surface area (Å²) >= 11 is 3.16. The first-order valence-electron chi connectivity index (χ1n) is 5.62. The molecular weight excluding hydrogens is 313 g/mol. The SMILES string of the molecule is O=C1CN(c2ncc(Br)cc2F)c2ccccc2N1. The summed E-state index contributed by atoms with van der Waals surface area (Å²) in [5.74, 6) is -0.521. The average Bonchev–Trinajstić information content (AvgIpc) is 2.38. The summed E-state index contributed by atoms with van der Waals surface area (Å²) in [4.78, 5) is 17.3. The molecule has 0 atom stereocenters. The van der Waals surface area contributed by atoms with Gasteiger partial charge in [0.05, 0.1) is 11.4 Å². The highest BCUT2D eigenvalue weighted by Crippen LogP contribution is 2.35. The Morgan fingerprint density at radius 1 is 1.37 bits per heavy atom. The molecule has 0 bridgehead atoms. The van der Waals surface area contributed by atoms with E-state index in [2.05, 4.69) is 26.2 Å². The Bertz CT molecular complexity index is 662. The Labute approximate surface area is 117 Å². The summed E-state index contributed by atoms with van der Waals surface area (Å²) < 4.78 is 14.5. The van der Waals surface area contributed by atoms with Gasteiger partial charge < -0.3 is 10.2 Å². The van der Waals surface area contributed by atoms with Crippen LogP contribution in [0.4, 0.5) is 21.6 Å². The van der Waals surface area contributed by atoms with Crippen LogP contribution in [0.15, 0.2) is 41.0 Å². The summed E-state index contributed by atoms with van der Waals surface area (Å²) in [6.07, 6.45) is 1.51. The number of carbonyl (C=O) groups is 1. The van der Waals surface area contributed by atoms with Gasteiger partial charge in [-0.2, -0.15) is 0 Å². The number of benzene rings is 1. The summed E-state index contributed by atoms with van der Waals surface area (Å²) in [7, 11) is 0. The Hall–Kier alpha value is -1.95. The molecule has 19 heavy (non-hydrogen) atoms. The van der Waals surface area contributed by atoms with Gasteiger partial charge in [-0.15, -0.1) is 0 Å². The van der Waals surface area contributed by atoms with E-state index in [0.29, 0.717) is 10.2 Å². The van der Waals surface area contributed by atoms with Gasteiger partial charge in [0.2, 0.25) is 5.91 Å². The Balaban J connectivity index is 2.12. The second kappa shape index (κ2) is 4.62. The fourth-order valence-electron chi connectivity index (χ4n) is 2.03. The Morgan fingerprint density at radius 3 is 2.95 bits per heavy atom. The molecule has 1 aliphatic rings. The van der Waals surface area contributed by atoms with E-state index in [4.69, 9.17) is 0 Å². The van der Waals surface area contributed by atoms with E-state index in [-0.39, 0.29) is 18.3 Å². The minimum Gasteiger partial charge on any atom is -0.323 e. The third-order valence-corrected chi connectivity index (χ3v) is 3.25. The number of hydrogen-bond acceptors (Lipinski definition) is 3. The number of para-hydroxylation sites is 2. The van der Waals surface area contributed by atoms with Gasteiger partial charge in [-0.3, -0.25) is 4.79 Å². The number of hydrogen-bond donors (Lipinski definition) is 1. The molecule has 96 valence electrons. The molecule has 1 amide bonds. The first-order chi connectivity index (χ1) is 9.15. The van der Waals surface area contributed by atoms with E-state index < -0.39 is 5.82 Å². The normalized spacial score (nSPS) is 14.0. The molecule has 3 rings (SSSR count). The molecule has 2 aromatic rings. The van der Waals surface area contributed by atoms with E-state index in [1.807, 2.05) is 18.2 Å². The van der Waals surface area contributed by atoms with Crippen molar-refractivity contribution in [3.05, 3.63) is 46.8 Å². The van der Waals surface area contributed by atoms with E-state index in [1.54, 1.807) is 11.0 Å². The Kier molecular flexibility index (Phi) is 2.94. The van der Waals surface area contributed by atoms with Crippen molar-refractivity contribution >= 4 is 39.0 Å². The van der Waals surface area contributed by atoms with E-state index in [9.17, 15) is 9.18 Å². The lowest BCUT2D eigenvalue weighted by Crippen LogP contribution is -2.35. The van der Waals surface area contributed by atoms with Gasteiger partial charge in [0.25, 0.3) is 0 Å². The maximum Gasteiger partial charge on any atom is 0.244 e. The Morgan fingerprint density at radius 2 is 2.16 bits per heavy atom. The zero-order valence-corrected chi connectivity index (χ0v) is 11.3. The van der Waals surface area contributed by atoms with Gasteiger partial charge >= 0.3 is 0 Å². The minimum absolute atomic E-state index is 0.0442. The van der Waals surface area contributed by atoms with Crippen LogP contribution in [-0.2, 0) is 4.79 Å². The molecule has 4 nitrogen and oxygen atoms in total. The van der Waals surface area contributed by atoms with Gasteiger partial charge in [-0.05, 0) is 34.1 Å². The van der Waals surface area contributed by atoms with Crippen molar-refractivity contribution in [1.29, 1.82) is 0 Å². The number of nitrogens with one attached hydrogen (secondary N) is 1. The standard InChI is InChI=1S/C13H9BrFN3O/c14-8-5-9(15)13(16-6-8)18-7-12(19)17-10-3-1-2-4-11(10)18/h1-6H,7H2,(H,17,19). The number of aromatic nitrogens is 1. The van der Waals surface area contributed by atoms with Crippen LogP contribution in [0.2, 0.25) is 0 Å². The highest BCUT2D eigenvalue weighted by atomic mass is 79.9. The number of halogens is 2. The number of rotatable bonds is 1. The van der Waals surface area contributed by atoms with E-state index in [0.717, 1.165) is 5.69 Å². The molecule has 0 radical (unpaired) electrons. The second-order valence-corrected chi connectivity index (χ2v) is 5.03. The fourth-order valence-corrected chi connectivity index (χ4v) is 2.33. The summed E-state index contributed by atoms with van der Waals surface area (Å²) in [5, 5.41) is 2.75. The molecule has 1 aliphatic heterocycles. The first kappa shape index (κ1) is 12.1. The number of carbonyl (C=O) groups excluding carboxylic acids is 1. The highest BCUT2D eigenvalue weighted by molar-refractivity contribution is 9.10. The highest BCUT2D eigenvalue weighted by Gasteiger charge is 2.25. The van der Waals surface area contributed by atoms with E-state index >= 15 is 0 Å². The number of amides is 1. The predicted octanol–water partition coefficient (Wildman–Crippen LogP) is 3.07. The van der Waals surface area contributed by atoms with Gasteiger partial charge in [-0.1, -0.05) is 12.1 Å². The van der Waals surface area contributed by atoms with Gasteiger partial charge in [0.1, 0.15) is 6.54 Å². The number of pyridine rings is 1. The monoisotopic (exact) mass is 321 g/mol. The molecular formula is C13H9BrFN3O. The molecule has 1 aromatic heterocycles. The summed E-state index contributed by atoms with van der Waals surface area (Å²) in [5.41, 5.74) is 1.39. The predicted molar refractivity (Wildman–Crippen MR) is 74.0 cm³/mol. The van der Waals surface area contributed by atoms with Crippen LogP contribution in [0.1, 0.15) is 0 Å². The molecule has 0 spiro atoms. The molecule has 1 N–H and O–H groups in total. The lowest BCUT2D eigenvalue weighted by molar-refractivity contribution is -0.115.